The molecule has 10 heteroatoms. The molecule has 0 aliphatic carbocycles. The van der Waals surface area contributed by atoms with Gasteiger partial charge < -0.3 is 15.2 Å². The Hall–Kier alpha value is -3.53. The fourth-order valence-electron chi connectivity index (χ4n) is 3.83. The summed E-state index contributed by atoms with van der Waals surface area (Å²) in [6, 6.07) is 12.7. The molecule has 2 aromatic heterocycles. The number of benzene rings is 2. The number of carbonyl (C=O) groups excluding carboxylic acids is 1. The van der Waals surface area contributed by atoms with Gasteiger partial charge in [-0.3, -0.25) is 9.78 Å². The van der Waals surface area contributed by atoms with Crippen molar-refractivity contribution in [1.29, 1.82) is 0 Å². The second-order valence-electron chi connectivity index (χ2n) is 8.10. The Morgan fingerprint density at radius 2 is 2.00 bits per heavy atom. The number of aryl methyl sites for hydroxylation is 1. The van der Waals surface area contributed by atoms with Gasteiger partial charge in [-0.05, 0) is 43.3 Å². The first kappa shape index (κ1) is 24.2. The van der Waals surface area contributed by atoms with E-state index in [-0.39, 0.29) is 24.1 Å². The van der Waals surface area contributed by atoms with Gasteiger partial charge in [0, 0.05) is 40.0 Å². The third-order valence-corrected chi connectivity index (χ3v) is 6.86. The normalized spacial score (nSPS) is 11.9. The first-order valence-corrected chi connectivity index (χ1v) is 12.4. The number of aromatic nitrogens is 3. The second kappa shape index (κ2) is 10.2. The number of nitrogens with zero attached hydrogens (tertiary/aromatic N) is 3. The first-order valence-electron chi connectivity index (χ1n) is 11.0. The monoisotopic (exact) mass is 522 g/mol. The van der Waals surface area contributed by atoms with Crippen LogP contribution in [0.2, 0.25) is 5.02 Å². The van der Waals surface area contributed by atoms with Crippen LogP contribution in [0.5, 0.6) is 11.6 Å². The molecule has 0 fully saturated rings. The van der Waals surface area contributed by atoms with E-state index in [9.17, 15) is 14.3 Å². The van der Waals surface area contributed by atoms with E-state index in [1.165, 1.54) is 36.0 Å². The summed E-state index contributed by atoms with van der Waals surface area (Å²) >= 11 is 7.43. The fourth-order valence-corrected chi connectivity index (χ4v) is 4.85. The smallest absolute Gasteiger partial charge is 0.234 e. The fraction of sp³-hybridized carbons (Fsp3) is 0.154. The minimum Gasteiger partial charge on any atom is -0.436 e. The number of hydrogen-bond acceptors (Lipinski definition) is 7. The van der Waals surface area contributed by atoms with Crippen molar-refractivity contribution >= 4 is 35.0 Å². The maximum absolute atomic E-state index is 13.2. The summed E-state index contributed by atoms with van der Waals surface area (Å²) in [5, 5.41) is 13.7. The molecule has 4 aromatic rings. The van der Waals surface area contributed by atoms with Crippen molar-refractivity contribution < 1.29 is 19.0 Å². The van der Waals surface area contributed by atoms with Crippen LogP contribution in [0.3, 0.4) is 0 Å². The van der Waals surface area contributed by atoms with Crippen LogP contribution < -0.4 is 10.1 Å². The molecular weight excluding hydrogens is 503 g/mol. The Bertz CT molecular complexity index is 1470. The number of rotatable bonds is 6. The van der Waals surface area contributed by atoms with Crippen molar-refractivity contribution in [3.63, 3.8) is 0 Å². The number of nitrogens with one attached hydrogen (secondary N) is 1. The highest BCUT2D eigenvalue weighted by atomic mass is 35.5. The standard InChI is InChI=1S/C26H20ClFN4O3S/c1-14-23-20(16(12-33)11-29-14)10-21-25(35-23)31-24(15-3-2-4-17(27)9-15)32-26(21)36-13-22(34)30-19-7-5-18(28)6-8-19/h2-9,11,33H,10,12-13H2,1H3,(H,30,34). The van der Waals surface area contributed by atoms with Gasteiger partial charge in [-0.2, -0.15) is 4.98 Å². The third kappa shape index (κ3) is 5.04. The molecule has 1 aliphatic rings. The number of aliphatic hydroxyl groups is 1. The number of hydrogen-bond donors (Lipinski definition) is 2. The molecule has 0 unspecified atom stereocenters. The summed E-state index contributed by atoms with van der Waals surface area (Å²) in [6.07, 6.45) is 2.05. The van der Waals surface area contributed by atoms with Gasteiger partial charge in [0.15, 0.2) is 11.6 Å². The number of amides is 1. The summed E-state index contributed by atoms with van der Waals surface area (Å²) in [5.41, 5.74) is 4.08. The van der Waals surface area contributed by atoms with Crippen LogP contribution in [0.1, 0.15) is 22.4 Å². The van der Waals surface area contributed by atoms with Crippen molar-refractivity contribution in [3.8, 4) is 23.0 Å². The van der Waals surface area contributed by atoms with Crippen molar-refractivity contribution in [2.24, 2.45) is 0 Å². The van der Waals surface area contributed by atoms with E-state index < -0.39 is 0 Å². The molecule has 7 nitrogen and oxygen atoms in total. The van der Waals surface area contributed by atoms with Gasteiger partial charge in [-0.25, -0.2) is 9.37 Å². The number of aliphatic hydroxyl groups excluding tert-OH is 1. The molecule has 0 atom stereocenters. The van der Waals surface area contributed by atoms with Crippen molar-refractivity contribution in [2.75, 3.05) is 11.1 Å². The number of ether oxygens (including phenoxy) is 1. The second-order valence-corrected chi connectivity index (χ2v) is 9.50. The van der Waals surface area contributed by atoms with Gasteiger partial charge in [-0.1, -0.05) is 35.5 Å². The summed E-state index contributed by atoms with van der Waals surface area (Å²) in [4.78, 5) is 26.3. The zero-order valence-electron chi connectivity index (χ0n) is 19.1. The summed E-state index contributed by atoms with van der Waals surface area (Å²) in [6.45, 7) is 1.65. The van der Waals surface area contributed by atoms with Crippen LogP contribution in [-0.4, -0.2) is 31.7 Å². The Labute approximate surface area is 215 Å². The number of pyridine rings is 1. The lowest BCUT2D eigenvalue weighted by Crippen LogP contribution is -2.16. The van der Waals surface area contributed by atoms with E-state index in [0.29, 0.717) is 62.0 Å². The molecule has 0 saturated heterocycles. The Morgan fingerprint density at radius 1 is 1.19 bits per heavy atom. The predicted octanol–water partition coefficient (Wildman–Crippen LogP) is 5.56. The van der Waals surface area contributed by atoms with E-state index in [1.807, 2.05) is 13.0 Å². The van der Waals surface area contributed by atoms with Crippen LogP contribution in [0.15, 0.2) is 59.8 Å². The summed E-state index contributed by atoms with van der Waals surface area (Å²) in [7, 11) is 0. The molecule has 2 aromatic carbocycles. The molecule has 36 heavy (non-hydrogen) atoms. The van der Waals surface area contributed by atoms with E-state index >= 15 is 0 Å². The number of thioether (sulfide) groups is 1. The van der Waals surface area contributed by atoms with Crippen LogP contribution >= 0.6 is 23.4 Å². The third-order valence-electron chi connectivity index (χ3n) is 5.61. The average Bonchev–Trinajstić information content (AvgIpc) is 2.88. The Balaban J connectivity index is 1.49. The van der Waals surface area contributed by atoms with Crippen LogP contribution in [0.4, 0.5) is 10.1 Å². The van der Waals surface area contributed by atoms with E-state index in [0.717, 1.165) is 5.56 Å². The highest BCUT2D eigenvalue weighted by Crippen LogP contribution is 2.42. The minimum atomic E-state index is -0.378. The number of carbonyl (C=O) groups is 1. The number of halogens is 2. The van der Waals surface area contributed by atoms with E-state index in [1.54, 1.807) is 24.4 Å². The first-order chi connectivity index (χ1) is 17.4. The van der Waals surface area contributed by atoms with E-state index in [2.05, 4.69) is 15.3 Å². The molecule has 1 amide bonds. The lowest BCUT2D eigenvalue weighted by molar-refractivity contribution is -0.113. The molecular formula is C26H20ClFN4O3S. The largest absolute Gasteiger partial charge is 0.436 e. The average molecular weight is 523 g/mol. The lowest BCUT2D eigenvalue weighted by Gasteiger charge is -2.24. The van der Waals surface area contributed by atoms with Crippen molar-refractivity contribution in [1.82, 2.24) is 15.0 Å². The Kier molecular flexibility index (Phi) is 6.86. The molecule has 0 spiro atoms. The summed E-state index contributed by atoms with van der Waals surface area (Å²) in [5.74, 6) is 0.757. The number of anilines is 1. The molecule has 0 radical (unpaired) electrons. The van der Waals surface area contributed by atoms with Crippen LogP contribution in [0, 0.1) is 12.7 Å². The van der Waals surface area contributed by atoms with Crippen LogP contribution in [0.25, 0.3) is 11.4 Å². The zero-order valence-corrected chi connectivity index (χ0v) is 20.7. The van der Waals surface area contributed by atoms with Gasteiger partial charge in [0.1, 0.15) is 10.8 Å². The molecule has 5 rings (SSSR count). The van der Waals surface area contributed by atoms with Crippen LogP contribution in [-0.2, 0) is 17.8 Å². The van der Waals surface area contributed by atoms with Gasteiger partial charge >= 0.3 is 0 Å². The molecule has 0 saturated carbocycles. The Morgan fingerprint density at radius 3 is 2.75 bits per heavy atom. The zero-order chi connectivity index (χ0) is 25.2. The highest BCUT2D eigenvalue weighted by molar-refractivity contribution is 8.00. The maximum atomic E-state index is 13.2. The predicted molar refractivity (Wildman–Crippen MR) is 136 cm³/mol. The molecule has 1 aliphatic heterocycles. The SMILES string of the molecule is Cc1ncc(CO)c2c1Oc1nc(-c3cccc(Cl)c3)nc(SCC(=O)Nc3ccc(F)cc3)c1C2. The molecule has 0 bridgehead atoms. The maximum Gasteiger partial charge on any atom is 0.234 e. The minimum absolute atomic E-state index is 0.0604. The van der Waals surface area contributed by atoms with E-state index in [4.69, 9.17) is 21.3 Å². The molecule has 3 heterocycles. The number of fused-ring (bicyclic) bond motifs is 2. The lowest BCUT2D eigenvalue weighted by atomic mass is 9.99. The van der Waals surface area contributed by atoms with Crippen molar-refractivity contribution in [2.45, 2.75) is 25.0 Å². The van der Waals surface area contributed by atoms with Gasteiger partial charge in [-0.15, -0.1) is 0 Å². The molecule has 2 N–H and O–H groups in total. The summed E-state index contributed by atoms with van der Waals surface area (Å²) < 4.78 is 19.4. The highest BCUT2D eigenvalue weighted by Gasteiger charge is 2.28. The van der Waals surface area contributed by atoms with Gasteiger partial charge in [0.05, 0.1) is 23.6 Å². The van der Waals surface area contributed by atoms with Crippen molar-refractivity contribution in [3.05, 3.63) is 88.0 Å². The van der Waals surface area contributed by atoms with Gasteiger partial charge in [0.25, 0.3) is 0 Å². The van der Waals surface area contributed by atoms with Gasteiger partial charge in [0.2, 0.25) is 11.8 Å². The quantitative estimate of drug-likeness (QED) is 0.222. The topological polar surface area (TPSA) is 97.2 Å². The molecule has 182 valence electrons.